The van der Waals surface area contributed by atoms with Crippen molar-refractivity contribution in [2.24, 2.45) is 0 Å². The first-order valence-electron chi connectivity index (χ1n) is 8.88. The minimum atomic E-state index is -0.0421. The third kappa shape index (κ3) is 5.44. The molecule has 0 aliphatic heterocycles. The van der Waals surface area contributed by atoms with Crippen LogP contribution in [-0.2, 0) is 10.5 Å². The standard InChI is InChI=1S/C21H23N3O2S/c1-14(2)16-8-10-18(11-9-16)22-20(25)13-27-12-19-23-21(26-24-19)17-6-4-15(3)5-7-17/h4-11,14H,12-13H2,1-3H3,(H,22,25). The smallest absolute Gasteiger partial charge is 0.257 e. The van der Waals surface area contributed by atoms with Crippen molar-refractivity contribution >= 4 is 23.4 Å². The third-order valence-electron chi connectivity index (χ3n) is 4.09. The molecule has 1 amide bonds. The van der Waals surface area contributed by atoms with E-state index < -0.39 is 0 Å². The Morgan fingerprint density at radius 3 is 2.48 bits per heavy atom. The monoisotopic (exact) mass is 381 g/mol. The van der Waals surface area contributed by atoms with Crippen LogP contribution in [0, 0.1) is 6.92 Å². The van der Waals surface area contributed by atoms with Crippen LogP contribution in [0.4, 0.5) is 5.69 Å². The highest BCUT2D eigenvalue weighted by Gasteiger charge is 2.10. The minimum Gasteiger partial charge on any atom is -0.334 e. The molecule has 0 saturated heterocycles. The Hall–Kier alpha value is -2.60. The van der Waals surface area contributed by atoms with Gasteiger partial charge in [0.2, 0.25) is 5.91 Å². The Bertz CT molecular complexity index is 887. The molecule has 1 aromatic heterocycles. The van der Waals surface area contributed by atoms with Crippen LogP contribution in [0.25, 0.3) is 11.5 Å². The number of hydrogen-bond acceptors (Lipinski definition) is 5. The fourth-order valence-corrected chi connectivity index (χ4v) is 3.17. The number of aromatic nitrogens is 2. The average molecular weight is 382 g/mol. The topological polar surface area (TPSA) is 68.0 Å². The molecule has 0 unspecified atom stereocenters. The van der Waals surface area contributed by atoms with E-state index in [9.17, 15) is 4.79 Å². The highest BCUT2D eigenvalue weighted by atomic mass is 32.2. The normalized spacial score (nSPS) is 11.0. The lowest BCUT2D eigenvalue weighted by Gasteiger charge is -2.08. The lowest BCUT2D eigenvalue weighted by Crippen LogP contribution is -2.14. The van der Waals surface area contributed by atoms with Crippen LogP contribution in [0.15, 0.2) is 53.1 Å². The summed E-state index contributed by atoms with van der Waals surface area (Å²) in [7, 11) is 0. The predicted molar refractivity (Wildman–Crippen MR) is 110 cm³/mol. The van der Waals surface area contributed by atoms with Crippen molar-refractivity contribution in [1.29, 1.82) is 0 Å². The molecule has 0 spiro atoms. The zero-order chi connectivity index (χ0) is 19.2. The van der Waals surface area contributed by atoms with Gasteiger partial charge in [-0.1, -0.05) is 48.8 Å². The molecule has 2 aromatic carbocycles. The predicted octanol–water partition coefficient (Wildman–Crippen LogP) is 5.04. The molecule has 3 aromatic rings. The van der Waals surface area contributed by atoms with E-state index in [2.05, 4.69) is 29.3 Å². The van der Waals surface area contributed by atoms with E-state index in [1.807, 2.05) is 55.5 Å². The van der Waals surface area contributed by atoms with Crippen LogP contribution in [0.5, 0.6) is 0 Å². The van der Waals surface area contributed by atoms with E-state index in [4.69, 9.17) is 4.52 Å². The summed E-state index contributed by atoms with van der Waals surface area (Å²) in [5, 5.41) is 6.89. The molecule has 5 nitrogen and oxygen atoms in total. The number of nitrogens with zero attached hydrogens (tertiary/aromatic N) is 2. The Morgan fingerprint density at radius 2 is 1.81 bits per heavy atom. The average Bonchev–Trinajstić information content (AvgIpc) is 3.11. The van der Waals surface area contributed by atoms with Gasteiger partial charge in [0.1, 0.15) is 0 Å². The SMILES string of the molecule is Cc1ccc(-c2nc(CSCC(=O)Nc3ccc(C(C)C)cc3)no2)cc1. The van der Waals surface area contributed by atoms with Crippen molar-refractivity contribution in [3.8, 4) is 11.5 Å². The fourth-order valence-electron chi connectivity index (χ4n) is 2.51. The zero-order valence-electron chi connectivity index (χ0n) is 15.7. The number of carbonyl (C=O) groups is 1. The molecule has 0 fully saturated rings. The Balaban J connectivity index is 1.47. The molecule has 0 saturated carbocycles. The van der Waals surface area contributed by atoms with Gasteiger partial charge in [0.25, 0.3) is 5.89 Å². The van der Waals surface area contributed by atoms with Crippen molar-refractivity contribution in [3.63, 3.8) is 0 Å². The molecule has 6 heteroatoms. The lowest BCUT2D eigenvalue weighted by molar-refractivity contribution is -0.113. The molecule has 0 bridgehead atoms. The maximum atomic E-state index is 12.1. The molecule has 27 heavy (non-hydrogen) atoms. The maximum absolute atomic E-state index is 12.1. The maximum Gasteiger partial charge on any atom is 0.257 e. The van der Waals surface area contributed by atoms with Gasteiger partial charge < -0.3 is 9.84 Å². The van der Waals surface area contributed by atoms with E-state index in [0.29, 0.717) is 29.1 Å². The first-order valence-corrected chi connectivity index (χ1v) is 10.0. The Kier molecular flexibility index (Phi) is 6.29. The van der Waals surface area contributed by atoms with Crippen LogP contribution in [0.3, 0.4) is 0 Å². The third-order valence-corrected chi connectivity index (χ3v) is 5.02. The quantitative estimate of drug-likeness (QED) is 0.621. The number of hydrogen-bond donors (Lipinski definition) is 1. The van der Waals surface area contributed by atoms with E-state index in [0.717, 1.165) is 11.3 Å². The summed E-state index contributed by atoms with van der Waals surface area (Å²) in [6.07, 6.45) is 0. The number of benzene rings is 2. The summed E-state index contributed by atoms with van der Waals surface area (Å²) in [5.74, 6) is 2.38. The molecule has 0 aliphatic carbocycles. The fraction of sp³-hybridized carbons (Fsp3) is 0.286. The molecule has 1 N–H and O–H groups in total. The highest BCUT2D eigenvalue weighted by Crippen LogP contribution is 2.20. The number of carbonyl (C=O) groups excluding carboxylic acids is 1. The van der Waals surface area contributed by atoms with Crippen molar-refractivity contribution in [2.75, 3.05) is 11.1 Å². The number of thioether (sulfide) groups is 1. The van der Waals surface area contributed by atoms with Crippen molar-refractivity contribution in [1.82, 2.24) is 10.1 Å². The van der Waals surface area contributed by atoms with E-state index >= 15 is 0 Å². The number of amides is 1. The van der Waals surface area contributed by atoms with Gasteiger partial charge in [0.15, 0.2) is 5.82 Å². The Labute approximate surface area is 163 Å². The van der Waals surface area contributed by atoms with E-state index in [-0.39, 0.29) is 5.91 Å². The zero-order valence-corrected chi connectivity index (χ0v) is 16.5. The van der Waals surface area contributed by atoms with Gasteiger partial charge in [-0.05, 0) is 42.7 Å². The second-order valence-corrected chi connectivity index (χ2v) is 7.69. The molecule has 0 atom stereocenters. The van der Waals surface area contributed by atoms with Gasteiger partial charge in [-0.15, -0.1) is 11.8 Å². The van der Waals surface area contributed by atoms with Crippen molar-refractivity contribution in [3.05, 3.63) is 65.5 Å². The summed E-state index contributed by atoms with van der Waals surface area (Å²) in [6.45, 7) is 6.32. The number of anilines is 1. The first kappa shape index (κ1) is 19.2. The van der Waals surface area contributed by atoms with Gasteiger partial charge in [0.05, 0.1) is 11.5 Å². The van der Waals surface area contributed by atoms with Crippen LogP contribution in [0.2, 0.25) is 0 Å². The molecular weight excluding hydrogens is 358 g/mol. The largest absolute Gasteiger partial charge is 0.334 e. The number of aryl methyl sites for hydroxylation is 1. The summed E-state index contributed by atoms with van der Waals surface area (Å²) in [6, 6.07) is 15.9. The van der Waals surface area contributed by atoms with Crippen LogP contribution in [0.1, 0.15) is 36.7 Å². The first-order chi connectivity index (χ1) is 13.0. The molecular formula is C21H23N3O2S. The van der Waals surface area contributed by atoms with Crippen LogP contribution < -0.4 is 5.32 Å². The van der Waals surface area contributed by atoms with Gasteiger partial charge in [0, 0.05) is 11.3 Å². The Morgan fingerprint density at radius 1 is 1.11 bits per heavy atom. The molecule has 1 heterocycles. The highest BCUT2D eigenvalue weighted by molar-refractivity contribution is 7.99. The second-order valence-electron chi connectivity index (χ2n) is 6.70. The lowest BCUT2D eigenvalue weighted by atomic mass is 10.0. The van der Waals surface area contributed by atoms with Crippen LogP contribution >= 0.6 is 11.8 Å². The van der Waals surface area contributed by atoms with Gasteiger partial charge in [-0.25, -0.2) is 0 Å². The van der Waals surface area contributed by atoms with Gasteiger partial charge in [-0.3, -0.25) is 4.79 Å². The van der Waals surface area contributed by atoms with E-state index in [1.54, 1.807) is 0 Å². The van der Waals surface area contributed by atoms with Gasteiger partial charge >= 0.3 is 0 Å². The molecule has 140 valence electrons. The summed E-state index contributed by atoms with van der Waals surface area (Å²) < 4.78 is 5.30. The molecule has 0 radical (unpaired) electrons. The molecule has 0 aliphatic rings. The van der Waals surface area contributed by atoms with Gasteiger partial charge in [-0.2, -0.15) is 4.98 Å². The second kappa shape index (κ2) is 8.86. The number of rotatable bonds is 7. The molecule has 3 rings (SSSR count). The van der Waals surface area contributed by atoms with Crippen LogP contribution in [-0.4, -0.2) is 21.8 Å². The van der Waals surface area contributed by atoms with E-state index in [1.165, 1.54) is 22.9 Å². The number of nitrogens with one attached hydrogen (secondary N) is 1. The summed E-state index contributed by atoms with van der Waals surface area (Å²) >= 11 is 1.46. The van der Waals surface area contributed by atoms with Crippen molar-refractivity contribution < 1.29 is 9.32 Å². The minimum absolute atomic E-state index is 0.0421. The van der Waals surface area contributed by atoms with Crippen molar-refractivity contribution in [2.45, 2.75) is 32.4 Å². The summed E-state index contributed by atoms with van der Waals surface area (Å²) in [5.41, 5.74) is 4.14. The summed E-state index contributed by atoms with van der Waals surface area (Å²) in [4.78, 5) is 16.5.